The topological polar surface area (TPSA) is 8.17 Å². The van der Waals surface area contributed by atoms with Crippen molar-refractivity contribution in [2.24, 2.45) is 0 Å². The summed E-state index contributed by atoms with van der Waals surface area (Å²) in [6.45, 7) is 0. The van der Waals surface area contributed by atoms with Gasteiger partial charge in [-0.05, 0) is 81.2 Å². The molecule has 2 heterocycles. The summed E-state index contributed by atoms with van der Waals surface area (Å²) in [6, 6.07) is 75.8. The second kappa shape index (κ2) is 12.7. The number of anilines is 3. The third kappa shape index (κ3) is 4.89. The molecule has 0 unspecified atom stereocenters. The van der Waals surface area contributed by atoms with Crippen LogP contribution in [0.4, 0.5) is 17.1 Å². The Bertz CT molecular complexity index is 3520. The van der Waals surface area contributed by atoms with E-state index in [0.29, 0.717) is 0 Å². The van der Waals surface area contributed by atoms with Crippen LogP contribution in [0.1, 0.15) is 0 Å². The third-order valence-electron chi connectivity index (χ3n) is 11.7. The maximum Gasteiger partial charge on any atom is 0.0640 e. The van der Waals surface area contributed by atoms with Crippen LogP contribution in [0.2, 0.25) is 0 Å². The zero-order valence-corrected chi connectivity index (χ0v) is 31.7. The molecule has 0 aliphatic carbocycles. The molecule has 12 aromatic rings. The maximum atomic E-state index is 2.56. The minimum absolute atomic E-state index is 1.12. The van der Waals surface area contributed by atoms with Crippen LogP contribution < -0.4 is 4.90 Å². The van der Waals surface area contributed by atoms with Crippen LogP contribution in [0.15, 0.2) is 206 Å². The molecule has 0 aliphatic heterocycles. The fraction of sp³-hybridized carbons (Fsp3) is 0. The molecule has 0 radical (unpaired) electrons. The van der Waals surface area contributed by atoms with Crippen LogP contribution in [0.5, 0.6) is 0 Å². The molecule has 12 rings (SSSR count). The second-order valence-electron chi connectivity index (χ2n) is 14.9. The van der Waals surface area contributed by atoms with E-state index in [2.05, 4.69) is 216 Å². The Morgan fingerprint density at radius 1 is 0.386 bits per heavy atom. The molecule has 10 aromatic carbocycles. The van der Waals surface area contributed by atoms with E-state index in [9.17, 15) is 0 Å². The Morgan fingerprint density at radius 2 is 1.02 bits per heavy atom. The summed E-state index contributed by atoms with van der Waals surface area (Å²) in [6.07, 6.45) is 0. The fourth-order valence-electron chi connectivity index (χ4n) is 9.21. The van der Waals surface area contributed by atoms with Gasteiger partial charge in [0.25, 0.3) is 0 Å². The first-order chi connectivity index (χ1) is 28.3. The van der Waals surface area contributed by atoms with Gasteiger partial charge in [0.1, 0.15) is 0 Å². The maximum absolute atomic E-state index is 2.56. The van der Waals surface area contributed by atoms with Gasteiger partial charge < -0.3 is 9.47 Å². The molecule has 2 aromatic heterocycles. The summed E-state index contributed by atoms with van der Waals surface area (Å²) in [5, 5.41) is 12.4. The van der Waals surface area contributed by atoms with Crippen molar-refractivity contribution in [1.29, 1.82) is 0 Å². The first-order valence-corrected chi connectivity index (χ1v) is 20.3. The Labute approximate surface area is 333 Å². The van der Waals surface area contributed by atoms with Crippen molar-refractivity contribution >= 4 is 103 Å². The third-order valence-corrected chi connectivity index (χ3v) is 12.9. The van der Waals surface area contributed by atoms with Crippen LogP contribution in [-0.2, 0) is 0 Å². The summed E-state index contributed by atoms with van der Waals surface area (Å²) in [5.74, 6) is 0. The molecule has 0 bridgehead atoms. The number of benzene rings is 10. The molecule has 0 atom stereocenters. The highest BCUT2D eigenvalue weighted by Gasteiger charge is 2.26. The zero-order valence-electron chi connectivity index (χ0n) is 30.9. The number of hydrogen-bond donors (Lipinski definition) is 0. The Hall–Kier alpha value is -7.20. The lowest BCUT2D eigenvalue weighted by Crippen LogP contribution is -2.10. The van der Waals surface area contributed by atoms with Crippen molar-refractivity contribution in [3.05, 3.63) is 206 Å². The summed E-state index contributed by atoms with van der Waals surface area (Å²) in [7, 11) is 0. The first-order valence-electron chi connectivity index (χ1n) is 19.5. The minimum atomic E-state index is 1.12. The molecular formula is C54H34N2S. The molecule has 0 N–H and O–H groups in total. The summed E-state index contributed by atoms with van der Waals surface area (Å²) >= 11 is 1.88. The Balaban J connectivity index is 1.29. The van der Waals surface area contributed by atoms with E-state index in [1.54, 1.807) is 0 Å². The van der Waals surface area contributed by atoms with Crippen LogP contribution in [-0.4, -0.2) is 4.57 Å². The number of hydrogen-bond acceptors (Lipinski definition) is 2. The van der Waals surface area contributed by atoms with Crippen molar-refractivity contribution in [3.8, 4) is 16.8 Å². The number of nitrogens with zero attached hydrogens (tertiary/aromatic N) is 2. The van der Waals surface area contributed by atoms with Crippen molar-refractivity contribution in [3.63, 3.8) is 0 Å². The molecule has 0 aliphatic rings. The molecule has 0 saturated heterocycles. The number of para-hydroxylation sites is 1. The summed E-state index contributed by atoms with van der Waals surface area (Å²) < 4.78 is 5.13. The monoisotopic (exact) mass is 742 g/mol. The SMILES string of the molecule is c1ccc(-c2ccc3c(c2)c2c(N(c4ccccc4)c4cccc5c4sc4ccccc45)cc4ccccc4c2n3-c2cc3ccccc3c3ccccc23)cc1. The zero-order chi connectivity index (χ0) is 37.5. The number of fused-ring (bicyclic) bond motifs is 11. The van der Waals surface area contributed by atoms with Crippen molar-refractivity contribution in [1.82, 2.24) is 4.57 Å². The fourth-order valence-corrected chi connectivity index (χ4v) is 10.4. The predicted molar refractivity (Wildman–Crippen MR) is 246 cm³/mol. The number of thiophene rings is 1. The highest BCUT2D eigenvalue weighted by Crippen LogP contribution is 2.51. The number of rotatable bonds is 5. The van der Waals surface area contributed by atoms with E-state index in [1.165, 1.54) is 96.8 Å². The van der Waals surface area contributed by atoms with Crippen LogP contribution in [0, 0.1) is 0 Å². The molecule has 2 nitrogen and oxygen atoms in total. The van der Waals surface area contributed by atoms with E-state index in [1.807, 2.05) is 11.3 Å². The normalized spacial score (nSPS) is 11.9. The molecule has 0 saturated carbocycles. The van der Waals surface area contributed by atoms with Gasteiger partial charge in [0.15, 0.2) is 0 Å². The van der Waals surface area contributed by atoms with Crippen LogP contribution in [0.3, 0.4) is 0 Å². The molecule has 0 amide bonds. The lowest BCUT2D eigenvalue weighted by Gasteiger charge is -2.28. The van der Waals surface area contributed by atoms with Gasteiger partial charge in [0, 0.05) is 42.7 Å². The number of aromatic nitrogens is 1. The molecule has 57 heavy (non-hydrogen) atoms. The Morgan fingerprint density at radius 3 is 1.82 bits per heavy atom. The van der Waals surface area contributed by atoms with Crippen molar-refractivity contribution < 1.29 is 0 Å². The highest BCUT2D eigenvalue weighted by atomic mass is 32.1. The highest BCUT2D eigenvalue weighted by molar-refractivity contribution is 7.26. The average molecular weight is 743 g/mol. The van der Waals surface area contributed by atoms with Crippen molar-refractivity contribution in [2.75, 3.05) is 4.90 Å². The van der Waals surface area contributed by atoms with Gasteiger partial charge in [-0.25, -0.2) is 0 Å². The predicted octanol–water partition coefficient (Wildman–Crippen LogP) is 15.7. The molecule has 0 fully saturated rings. The molecule has 3 heteroatoms. The van der Waals surface area contributed by atoms with Crippen molar-refractivity contribution in [2.45, 2.75) is 0 Å². The largest absolute Gasteiger partial charge is 0.308 e. The summed E-state index contributed by atoms with van der Waals surface area (Å²) in [5.41, 5.74) is 9.40. The van der Waals surface area contributed by atoms with Gasteiger partial charge in [-0.3, -0.25) is 0 Å². The summed E-state index contributed by atoms with van der Waals surface area (Å²) in [4.78, 5) is 2.52. The van der Waals surface area contributed by atoms with Gasteiger partial charge in [0.05, 0.1) is 32.8 Å². The smallest absolute Gasteiger partial charge is 0.0640 e. The van der Waals surface area contributed by atoms with Gasteiger partial charge in [-0.1, -0.05) is 158 Å². The van der Waals surface area contributed by atoms with E-state index >= 15 is 0 Å². The van der Waals surface area contributed by atoms with Gasteiger partial charge in [0.2, 0.25) is 0 Å². The van der Waals surface area contributed by atoms with E-state index in [0.717, 1.165) is 11.4 Å². The molecule has 0 spiro atoms. The van der Waals surface area contributed by atoms with Crippen LogP contribution in [0.25, 0.3) is 91.1 Å². The molecular weight excluding hydrogens is 709 g/mol. The molecule has 266 valence electrons. The lowest BCUT2D eigenvalue weighted by atomic mass is 9.99. The minimum Gasteiger partial charge on any atom is -0.308 e. The standard InChI is InChI=1S/C54H34N2S/c1-3-16-35(17-4-1)36-30-31-47-46(32-36)52-50(55(39-20-5-2-6-21-39)48-28-15-27-45-44-26-13-14-29-51(44)57-54(45)48)34-38-19-8-10-23-41(38)53(52)56(47)49-33-37-18-7-9-22-40(37)42-24-11-12-25-43(42)49/h1-34H. The van der Waals surface area contributed by atoms with E-state index < -0.39 is 0 Å². The Kier molecular flexibility index (Phi) is 7.13. The second-order valence-corrected chi connectivity index (χ2v) is 15.9. The van der Waals surface area contributed by atoms with Crippen LogP contribution >= 0.6 is 11.3 Å². The van der Waals surface area contributed by atoms with E-state index in [4.69, 9.17) is 0 Å². The van der Waals surface area contributed by atoms with Gasteiger partial charge in [-0.2, -0.15) is 0 Å². The van der Waals surface area contributed by atoms with Gasteiger partial charge in [-0.15, -0.1) is 11.3 Å². The quantitative estimate of drug-likeness (QED) is 0.159. The van der Waals surface area contributed by atoms with E-state index in [-0.39, 0.29) is 0 Å². The average Bonchev–Trinajstić information content (AvgIpc) is 3.84. The van der Waals surface area contributed by atoms with Gasteiger partial charge >= 0.3 is 0 Å². The lowest BCUT2D eigenvalue weighted by molar-refractivity contribution is 1.21. The first kappa shape index (κ1) is 32.1.